The van der Waals surface area contributed by atoms with Crippen molar-refractivity contribution in [2.75, 3.05) is 12.4 Å². The van der Waals surface area contributed by atoms with Crippen LogP contribution in [0.5, 0.6) is 5.75 Å². The van der Waals surface area contributed by atoms with Gasteiger partial charge in [-0.25, -0.2) is 0 Å². The summed E-state index contributed by atoms with van der Waals surface area (Å²) in [5, 5.41) is 3.70. The van der Waals surface area contributed by atoms with Gasteiger partial charge in [-0.1, -0.05) is 67.1 Å². The van der Waals surface area contributed by atoms with Crippen LogP contribution in [0.4, 0.5) is 5.69 Å². The van der Waals surface area contributed by atoms with Crippen LogP contribution in [-0.2, 0) is 6.42 Å². The Morgan fingerprint density at radius 3 is 2.38 bits per heavy atom. The number of hydrogen-bond donors (Lipinski definition) is 1. The fourth-order valence-corrected chi connectivity index (χ4v) is 4.41. The summed E-state index contributed by atoms with van der Waals surface area (Å²) in [5.41, 5.74) is 4.85. The first kappa shape index (κ1) is 21.9. The highest BCUT2D eigenvalue weighted by atomic mass is 16.5. The molecule has 1 N–H and O–H groups in total. The number of nitrogens with one attached hydrogen (secondary N) is 1. The van der Waals surface area contributed by atoms with Crippen LogP contribution in [0, 0.1) is 0 Å². The van der Waals surface area contributed by atoms with Gasteiger partial charge in [0.1, 0.15) is 5.75 Å². The van der Waals surface area contributed by atoms with Crippen LogP contribution in [0.3, 0.4) is 0 Å². The number of ether oxygens (including phenoxy) is 1. The minimum atomic E-state index is 0.110. The number of hydrogen-bond acceptors (Lipinski definition) is 3. The Labute approximate surface area is 191 Å². The Kier molecular flexibility index (Phi) is 7.39. The van der Waals surface area contributed by atoms with Crippen molar-refractivity contribution in [3.8, 4) is 5.75 Å². The van der Waals surface area contributed by atoms with Gasteiger partial charge in [0.15, 0.2) is 5.78 Å². The number of aryl methyl sites for hydroxylation is 1. The molecule has 3 nitrogen and oxygen atoms in total. The van der Waals surface area contributed by atoms with Gasteiger partial charge < -0.3 is 10.1 Å². The minimum absolute atomic E-state index is 0.110. The molecule has 32 heavy (non-hydrogen) atoms. The third kappa shape index (κ3) is 5.47. The minimum Gasteiger partial charge on any atom is -0.497 e. The van der Waals surface area contributed by atoms with Crippen molar-refractivity contribution in [1.82, 2.24) is 0 Å². The van der Waals surface area contributed by atoms with Crippen molar-refractivity contribution in [2.45, 2.75) is 44.6 Å². The molecule has 0 radical (unpaired) electrons. The molecular formula is C29H31NO2. The number of fused-ring (bicyclic) bond motifs is 1. The molecule has 164 valence electrons. The average Bonchev–Trinajstić information content (AvgIpc) is 2.84. The Balaban J connectivity index is 1.64. The molecule has 0 aromatic heterocycles. The number of rotatable bonds is 4. The fourth-order valence-electron chi connectivity index (χ4n) is 4.41. The molecule has 1 unspecified atom stereocenters. The number of para-hydroxylation sites is 1. The SMILES string of the molecule is COc1ccc(C2=CCCC(Nc3ccccc3)CCCCc3ccccc3C2=O)cc1. The van der Waals surface area contributed by atoms with Crippen LogP contribution in [0.2, 0.25) is 0 Å². The summed E-state index contributed by atoms with van der Waals surface area (Å²) in [7, 11) is 1.66. The van der Waals surface area contributed by atoms with E-state index in [4.69, 9.17) is 4.74 Å². The number of carbonyl (C=O) groups is 1. The quantitative estimate of drug-likeness (QED) is 0.491. The number of Topliss-reactive ketones (excluding diaryl/α,β-unsaturated/α-hetero) is 1. The summed E-state index contributed by atoms with van der Waals surface area (Å²) in [6.07, 6.45) is 8.24. The van der Waals surface area contributed by atoms with E-state index in [0.29, 0.717) is 6.04 Å². The lowest BCUT2D eigenvalue weighted by molar-refractivity contribution is 0.105. The zero-order valence-corrected chi connectivity index (χ0v) is 18.7. The zero-order chi connectivity index (χ0) is 22.2. The maximum Gasteiger partial charge on any atom is 0.193 e. The van der Waals surface area contributed by atoms with Crippen LogP contribution in [0.15, 0.2) is 84.9 Å². The highest BCUT2D eigenvalue weighted by Crippen LogP contribution is 2.27. The average molecular weight is 426 g/mol. The Morgan fingerprint density at radius 1 is 0.844 bits per heavy atom. The van der Waals surface area contributed by atoms with Crippen LogP contribution in [0.1, 0.15) is 53.6 Å². The van der Waals surface area contributed by atoms with E-state index in [2.05, 4.69) is 41.7 Å². The highest BCUT2D eigenvalue weighted by Gasteiger charge is 2.19. The third-order valence-corrected chi connectivity index (χ3v) is 6.16. The molecule has 4 rings (SSSR count). The maximum absolute atomic E-state index is 13.7. The molecule has 0 saturated carbocycles. The first-order chi connectivity index (χ1) is 15.7. The normalized spacial score (nSPS) is 17.3. The van der Waals surface area contributed by atoms with E-state index in [9.17, 15) is 4.79 Å². The number of benzene rings is 3. The maximum atomic E-state index is 13.7. The molecule has 3 aromatic carbocycles. The van der Waals surface area contributed by atoms with Crippen molar-refractivity contribution in [3.05, 3.63) is 102 Å². The summed E-state index contributed by atoms with van der Waals surface area (Å²) in [4.78, 5) is 13.7. The van der Waals surface area contributed by atoms with Gasteiger partial charge in [0.25, 0.3) is 0 Å². The Bertz CT molecular complexity index is 1050. The lowest BCUT2D eigenvalue weighted by Crippen LogP contribution is -2.19. The van der Waals surface area contributed by atoms with E-state index in [1.807, 2.05) is 48.5 Å². The number of ketones is 1. The first-order valence-corrected chi connectivity index (χ1v) is 11.5. The third-order valence-electron chi connectivity index (χ3n) is 6.16. The van der Waals surface area contributed by atoms with Gasteiger partial charge in [-0.3, -0.25) is 4.79 Å². The number of carbonyl (C=O) groups excluding carboxylic acids is 1. The molecule has 0 spiro atoms. The van der Waals surface area contributed by atoms with Gasteiger partial charge in [-0.2, -0.15) is 0 Å². The molecule has 0 amide bonds. The van der Waals surface area contributed by atoms with Gasteiger partial charge in [0, 0.05) is 22.9 Å². The van der Waals surface area contributed by atoms with Gasteiger partial charge in [0.05, 0.1) is 7.11 Å². The van der Waals surface area contributed by atoms with Crippen LogP contribution < -0.4 is 10.1 Å². The summed E-state index contributed by atoms with van der Waals surface area (Å²) in [6, 6.07) is 26.7. The summed E-state index contributed by atoms with van der Waals surface area (Å²) < 4.78 is 5.31. The Hall–Kier alpha value is -3.33. The predicted octanol–water partition coefficient (Wildman–Crippen LogP) is 6.95. The summed E-state index contributed by atoms with van der Waals surface area (Å²) >= 11 is 0. The van der Waals surface area contributed by atoms with E-state index >= 15 is 0 Å². The molecule has 0 bridgehead atoms. The van der Waals surface area contributed by atoms with E-state index in [0.717, 1.165) is 72.2 Å². The number of methoxy groups -OCH3 is 1. The van der Waals surface area contributed by atoms with Crippen molar-refractivity contribution in [3.63, 3.8) is 0 Å². The molecule has 0 saturated heterocycles. The molecular weight excluding hydrogens is 394 g/mol. The van der Waals surface area contributed by atoms with E-state index in [1.54, 1.807) is 7.11 Å². The first-order valence-electron chi connectivity index (χ1n) is 11.5. The van der Waals surface area contributed by atoms with Crippen molar-refractivity contribution in [2.24, 2.45) is 0 Å². The monoisotopic (exact) mass is 425 g/mol. The molecule has 0 fully saturated rings. The predicted molar refractivity (Wildman–Crippen MR) is 132 cm³/mol. The van der Waals surface area contributed by atoms with Crippen LogP contribution >= 0.6 is 0 Å². The molecule has 1 atom stereocenters. The smallest absolute Gasteiger partial charge is 0.193 e. The van der Waals surface area contributed by atoms with E-state index in [1.165, 1.54) is 0 Å². The zero-order valence-electron chi connectivity index (χ0n) is 18.7. The van der Waals surface area contributed by atoms with Crippen molar-refractivity contribution in [1.29, 1.82) is 0 Å². The second kappa shape index (κ2) is 10.8. The molecule has 0 aliphatic heterocycles. The largest absolute Gasteiger partial charge is 0.497 e. The second-order valence-corrected chi connectivity index (χ2v) is 8.36. The van der Waals surface area contributed by atoms with Gasteiger partial charge >= 0.3 is 0 Å². The van der Waals surface area contributed by atoms with Gasteiger partial charge in [0.2, 0.25) is 0 Å². The fraction of sp³-hybridized carbons (Fsp3) is 0.276. The number of allylic oxidation sites excluding steroid dienone is 2. The summed E-state index contributed by atoms with van der Waals surface area (Å²) in [5.74, 6) is 0.904. The standard InChI is InChI=1S/C29H31NO2/c1-32-26-20-18-23(19-21-26)28-17-9-15-25(30-24-12-3-2-4-13-24)14-7-5-10-22-11-6-8-16-27(22)29(28)31/h2-4,6,8,11-13,16-21,25,30H,5,7,9-10,14-15H2,1H3. The topological polar surface area (TPSA) is 38.3 Å². The van der Waals surface area contributed by atoms with Crippen molar-refractivity contribution >= 4 is 17.0 Å². The van der Waals surface area contributed by atoms with E-state index in [-0.39, 0.29) is 5.78 Å². The Morgan fingerprint density at radius 2 is 1.59 bits per heavy atom. The van der Waals surface area contributed by atoms with Crippen LogP contribution in [0.25, 0.3) is 5.57 Å². The van der Waals surface area contributed by atoms with Gasteiger partial charge in [-0.15, -0.1) is 0 Å². The van der Waals surface area contributed by atoms with Crippen molar-refractivity contribution < 1.29 is 9.53 Å². The van der Waals surface area contributed by atoms with E-state index < -0.39 is 0 Å². The molecule has 0 heterocycles. The lowest BCUT2D eigenvalue weighted by atomic mass is 9.89. The molecule has 3 aromatic rings. The highest BCUT2D eigenvalue weighted by molar-refractivity contribution is 6.29. The number of anilines is 1. The van der Waals surface area contributed by atoms with Crippen LogP contribution in [-0.4, -0.2) is 18.9 Å². The summed E-state index contributed by atoms with van der Waals surface area (Å²) in [6.45, 7) is 0. The molecule has 3 heteroatoms. The lowest BCUT2D eigenvalue weighted by Gasteiger charge is -2.21. The van der Waals surface area contributed by atoms with Gasteiger partial charge in [-0.05, 0) is 67.5 Å². The second-order valence-electron chi connectivity index (χ2n) is 8.36. The molecule has 1 aliphatic rings. The molecule has 1 aliphatic carbocycles.